The van der Waals surface area contributed by atoms with Gasteiger partial charge in [-0.25, -0.2) is 9.78 Å². The third-order valence-electron chi connectivity index (χ3n) is 2.94. The van der Waals surface area contributed by atoms with Crippen LogP contribution in [0, 0.1) is 6.92 Å². The van der Waals surface area contributed by atoms with Crippen molar-refractivity contribution in [3.8, 4) is 5.75 Å². The summed E-state index contributed by atoms with van der Waals surface area (Å²) >= 11 is 0. The van der Waals surface area contributed by atoms with E-state index >= 15 is 0 Å². The zero-order valence-electron chi connectivity index (χ0n) is 11.8. The maximum atomic E-state index is 11.1. The summed E-state index contributed by atoms with van der Waals surface area (Å²) in [6.45, 7) is 6.09. The van der Waals surface area contributed by atoms with Crippen LogP contribution >= 0.6 is 0 Å². The second-order valence-electron chi connectivity index (χ2n) is 4.96. The van der Waals surface area contributed by atoms with Gasteiger partial charge in [0.05, 0.1) is 5.69 Å². The average Bonchev–Trinajstić information content (AvgIpc) is 2.83. The number of benzene rings is 1. The Morgan fingerprint density at radius 1 is 1.35 bits per heavy atom. The van der Waals surface area contributed by atoms with Gasteiger partial charge in [-0.3, -0.25) is 0 Å². The van der Waals surface area contributed by atoms with Crippen molar-refractivity contribution >= 4 is 5.97 Å². The van der Waals surface area contributed by atoms with Gasteiger partial charge in [0, 0.05) is 12.2 Å². The van der Waals surface area contributed by atoms with E-state index < -0.39 is 5.97 Å². The molecule has 20 heavy (non-hydrogen) atoms. The first kappa shape index (κ1) is 14.1. The minimum Gasteiger partial charge on any atom is -0.487 e. The number of aromatic carboxylic acids is 1. The van der Waals surface area contributed by atoms with Gasteiger partial charge in [-0.05, 0) is 32.9 Å². The van der Waals surface area contributed by atoms with Gasteiger partial charge in [-0.15, -0.1) is 0 Å². The number of carboxylic acids is 1. The second-order valence-corrected chi connectivity index (χ2v) is 4.96. The molecule has 5 heteroatoms. The molecule has 0 saturated heterocycles. The first-order valence-electron chi connectivity index (χ1n) is 6.48. The number of aromatic nitrogens is 2. The zero-order chi connectivity index (χ0) is 14.7. The summed E-state index contributed by atoms with van der Waals surface area (Å²) < 4.78 is 7.24. The number of hydrogen-bond donors (Lipinski definition) is 1. The molecule has 0 aliphatic heterocycles. The predicted octanol–water partition coefficient (Wildman–Crippen LogP) is 3.05. The van der Waals surface area contributed by atoms with E-state index in [2.05, 4.69) is 4.98 Å². The molecular weight excluding hydrogens is 256 g/mol. The lowest BCUT2D eigenvalue weighted by molar-refractivity contribution is 0.0676. The van der Waals surface area contributed by atoms with Crippen LogP contribution in [-0.2, 0) is 6.61 Å². The summed E-state index contributed by atoms with van der Waals surface area (Å²) in [5, 5.41) is 9.12. The van der Waals surface area contributed by atoms with Crippen LogP contribution in [-0.4, -0.2) is 20.6 Å². The van der Waals surface area contributed by atoms with Gasteiger partial charge in [-0.2, -0.15) is 0 Å². The molecule has 0 saturated carbocycles. The molecule has 1 aromatic carbocycles. The fourth-order valence-corrected chi connectivity index (χ4v) is 1.86. The molecule has 0 atom stereocenters. The van der Waals surface area contributed by atoms with E-state index in [4.69, 9.17) is 9.84 Å². The van der Waals surface area contributed by atoms with Crippen molar-refractivity contribution in [3.05, 3.63) is 47.5 Å². The van der Waals surface area contributed by atoms with E-state index in [0.717, 1.165) is 11.3 Å². The van der Waals surface area contributed by atoms with E-state index in [9.17, 15) is 4.79 Å². The lowest BCUT2D eigenvalue weighted by Crippen LogP contribution is -2.10. The Morgan fingerprint density at radius 3 is 2.50 bits per heavy atom. The maximum Gasteiger partial charge on any atom is 0.372 e. The molecule has 0 aliphatic carbocycles. The maximum absolute atomic E-state index is 11.1. The minimum absolute atomic E-state index is 0.0433. The highest BCUT2D eigenvalue weighted by atomic mass is 16.5. The number of carboxylic acid groups (broad SMARTS) is 1. The Morgan fingerprint density at radius 2 is 2.00 bits per heavy atom. The Bertz CT molecular complexity index is 600. The van der Waals surface area contributed by atoms with Crippen molar-refractivity contribution in [1.29, 1.82) is 0 Å². The Hall–Kier alpha value is -2.30. The molecule has 0 spiro atoms. The van der Waals surface area contributed by atoms with Gasteiger partial charge in [0.25, 0.3) is 0 Å². The number of nitrogens with zero attached hydrogens (tertiary/aromatic N) is 2. The van der Waals surface area contributed by atoms with Crippen molar-refractivity contribution in [3.63, 3.8) is 0 Å². The highest BCUT2D eigenvalue weighted by molar-refractivity contribution is 5.83. The van der Waals surface area contributed by atoms with Gasteiger partial charge in [0.15, 0.2) is 0 Å². The summed E-state index contributed by atoms with van der Waals surface area (Å²) in [6.07, 6.45) is 1.72. The van der Waals surface area contributed by atoms with Crippen LogP contribution < -0.4 is 4.74 Å². The average molecular weight is 274 g/mol. The Labute approximate surface area is 117 Å². The van der Waals surface area contributed by atoms with E-state index in [1.807, 2.05) is 45.0 Å². The van der Waals surface area contributed by atoms with E-state index in [-0.39, 0.29) is 18.5 Å². The molecule has 0 unspecified atom stereocenters. The Kier molecular flexibility index (Phi) is 4.08. The van der Waals surface area contributed by atoms with E-state index in [0.29, 0.717) is 5.69 Å². The summed E-state index contributed by atoms with van der Waals surface area (Å²) in [4.78, 5) is 15.2. The molecule has 0 aliphatic rings. The molecule has 2 rings (SSSR count). The van der Waals surface area contributed by atoms with Gasteiger partial charge >= 0.3 is 5.97 Å². The molecule has 2 aromatic rings. The lowest BCUT2D eigenvalue weighted by Gasteiger charge is -2.07. The zero-order valence-corrected chi connectivity index (χ0v) is 11.8. The lowest BCUT2D eigenvalue weighted by atomic mass is 10.2. The quantitative estimate of drug-likeness (QED) is 0.910. The molecule has 1 N–H and O–H groups in total. The number of imidazole rings is 1. The SMILES string of the molecule is Cc1ccc(OCc2cn(C(C)C)c(C(=O)O)n2)cc1. The van der Waals surface area contributed by atoms with Crippen LogP contribution in [0.5, 0.6) is 5.75 Å². The van der Waals surface area contributed by atoms with Gasteiger partial charge in [0.2, 0.25) is 5.82 Å². The summed E-state index contributed by atoms with van der Waals surface area (Å²) in [5.41, 5.74) is 1.77. The first-order chi connectivity index (χ1) is 9.47. The van der Waals surface area contributed by atoms with Crippen molar-refractivity contribution in [2.75, 3.05) is 0 Å². The molecule has 1 heterocycles. The monoisotopic (exact) mass is 274 g/mol. The van der Waals surface area contributed by atoms with Crippen molar-refractivity contribution in [1.82, 2.24) is 9.55 Å². The van der Waals surface area contributed by atoms with Crippen LogP contribution in [0.25, 0.3) is 0 Å². The second kappa shape index (κ2) is 5.77. The minimum atomic E-state index is -1.03. The van der Waals surface area contributed by atoms with Gasteiger partial charge in [0.1, 0.15) is 12.4 Å². The van der Waals surface area contributed by atoms with E-state index in [1.165, 1.54) is 0 Å². The van der Waals surface area contributed by atoms with Crippen LogP contribution in [0.15, 0.2) is 30.5 Å². The number of hydrogen-bond acceptors (Lipinski definition) is 3. The Balaban J connectivity index is 2.12. The van der Waals surface area contributed by atoms with Crippen LogP contribution in [0.2, 0.25) is 0 Å². The number of rotatable bonds is 5. The highest BCUT2D eigenvalue weighted by Gasteiger charge is 2.16. The van der Waals surface area contributed by atoms with Gasteiger partial charge < -0.3 is 14.4 Å². The van der Waals surface area contributed by atoms with Crippen LogP contribution in [0.3, 0.4) is 0 Å². The van der Waals surface area contributed by atoms with Crippen molar-refractivity contribution in [2.24, 2.45) is 0 Å². The van der Waals surface area contributed by atoms with Crippen LogP contribution in [0.1, 0.15) is 41.8 Å². The molecule has 0 bridgehead atoms. The molecule has 1 aromatic heterocycles. The molecule has 5 nitrogen and oxygen atoms in total. The fraction of sp³-hybridized carbons (Fsp3) is 0.333. The fourth-order valence-electron chi connectivity index (χ4n) is 1.86. The molecular formula is C15H18N2O3. The first-order valence-corrected chi connectivity index (χ1v) is 6.48. The third-order valence-corrected chi connectivity index (χ3v) is 2.94. The number of ether oxygens (including phenoxy) is 1. The van der Waals surface area contributed by atoms with Gasteiger partial charge in [-0.1, -0.05) is 17.7 Å². The largest absolute Gasteiger partial charge is 0.487 e. The standard InChI is InChI=1S/C15H18N2O3/c1-10(2)17-8-12(16-14(17)15(18)19)9-20-13-6-4-11(3)5-7-13/h4-8,10H,9H2,1-3H3,(H,18,19). The van der Waals surface area contributed by atoms with E-state index in [1.54, 1.807) is 10.8 Å². The molecule has 106 valence electrons. The number of carbonyl (C=O) groups is 1. The smallest absolute Gasteiger partial charge is 0.372 e. The summed E-state index contributed by atoms with van der Waals surface area (Å²) in [5.74, 6) is -0.241. The molecule has 0 fully saturated rings. The summed E-state index contributed by atoms with van der Waals surface area (Å²) in [6, 6.07) is 7.73. The van der Waals surface area contributed by atoms with Crippen LogP contribution in [0.4, 0.5) is 0 Å². The van der Waals surface area contributed by atoms with Crippen molar-refractivity contribution < 1.29 is 14.6 Å². The molecule has 0 radical (unpaired) electrons. The number of aryl methyl sites for hydroxylation is 1. The summed E-state index contributed by atoms with van der Waals surface area (Å²) in [7, 11) is 0. The third kappa shape index (κ3) is 3.17. The highest BCUT2D eigenvalue weighted by Crippen LogP contribution is 2.15. The predicted molar refractivity (Wildman–Crippen MR) is 75.1 cm³/mol. The molecule has 0 amide bonds. The van der Waals surface area contributed by atoms with Crippen molar-refractivity contribution in [2.45, 2.75) is 33.4 Å². The topological polar surface area (TPSA) is 64.3 Å². The normalized spacial score (nSPS) is 10.8.